The standard InChI is InChI=1S/C16H7F6NO3S/c17-15(18,19)8-3-7(4-9(5-8)16(20,21)22)11-2-1-10(26-11)6-12-13(24)23-14(25)27-12/h1-6H,(H,23,24,25)/b12-6-. The molecule has 0 radical (unpaired) electrons. The summed E-state index contributed by atoms with van der Waals surface area (Å²) in [5.74, 6) is -0.946. The Labute approximate surface area is 151 Å². The summed E-state index contributed by atoms with van der Waals surface area (Å²) in [5, 5.41) is 1.39. The number of furan rings is 1. The van der Waals surface area contributed by atoms with Crippen LogP contribution in [0.2, 0.25) is 0 Å². The van der Waals surface area contributed by atoms with Gasteiger partial charge in [0.05, 0.1) is 16.0 Å². The first-order valence-corrected chi connectivity index (χ1v) is 7.90. The van der Waals surface area contributed by atoms with Gasteiger partial charge in [-0.15, -0.1) is 0 Å². The van der Waals surface area contributed by atoms with E-state index in [4.69, 9.17) is 4.42 Å². The van der Waals surface area contributed by atoms with E-state index in [0.29, 0.717) is 23.9 Å². The van der Waals surface area contributed by atoms with Gasteiger partial charge in [-0.3, -0.25) is 14.9 Å². The van der Waals surface area contributed by atoms with Gasteiger partial charge < -0.3 is 4.42 Å². The molecule has 2 amide bonds. The molecule has 1 fully saturated rings. The van der Waals surface area contributed by atoms with Crippen molar-refractivity contribution in [2.75, 3.05) is 0 Å². The van der Waals surface area contributed by atoms with Gasteiger partial charge in [0.1, 0.15) is 11.5 Å². The van der Waals surface area contributed by atoms with E-state index in [1.54, 1.807) is 0 Å². The minimum atomic E-state index is -4.98. The fourth-order valence-electron chi connectivity index (χ4n) is 2.23. The molecule has 0 atom stereocenters. The first kappa shape index (κ1) is 19.1. The summed E-state index contributed by atoms with van der Waals surface area (Å²) in [6.07, 6.45) is -8.80. The molecule has 1 N–H and O–H groups in total. The van der Waals surface area contributed by atoms with Crippen LogP contribution in [0.15, 0.2) is 39.7 Å². The number of imide groups is 1. The smallest absolute Gasteiger partial charge is 0.416 e. The van der Waals surface area contributed by atoms with Gasteiger partial charge in [-0.2, -0.15) is 26.3 Å². The van der Waals surface area contributed by atoms with Crippen LogP contribution in [0.4, 0.5) is 31.1 Å². The van der Waals surface area contributed by atoms with E-state index in [1.165, 1.54) is 12.1 Å². The second kappa shape index (κ2) is 6.48. The highest BCUT2D eigenvalue weighted by molar-refractivity contribution is 8.18. The van der Waals surface area contributed by atoms with E-state index >= 15 is 0 Å². The van der Waals surface area contributed by atoms with Gasteiger partial charge in [-0.1, -0.05) is 0 Å². The Hall–Kier alpha value is -2.69. The average Bonchev–Trinajstić information content (AvgIpc) is 3.12. The lowest BCUT2D eigenvalue weighted by atomic mass is 10.0. The third-order valence-electron chi connectivity index (χ3n) is 3.41. The summed E-state index contributed by atoms with van der Waals surface area (Å²) in [6.45, 7) is 0. The van der Waals surface area contributed by atoms with E-state index in [1.807, 2.05) is 5.32 Å². The molecule has 0 aliphatic carbocycles. The number of benzene rings is 1. The third-order valence-corrected chi connectivity index (χ3v) is 4.22. The molecule has 1 aromatic heterocycles. The van der Waals surface area contributed by atoms with Crippen LogP contribution in [-0.4, -0.2) is 11.1 Å². The monoisotopic (exact) mass is 407 g/mol. The molecular formula is C16H7F6NO3S. The van der Waals surface area contributed by atoms with Gasteiger partial charge >= 0.3 is 12.4 Å². The van der Waals surface area contributed by atoms with Crippen molar-refractivity contribution in [2.24, 2.45) is 0 Å². The van der Waals surface area contributed by atoms with Gasteiger partial charge in [0, 0.05) is 11.6 Å². The van der Waals surface area contributed by atoms with Crippen LogP contribution in [0.5, 0.6) is 0 Å². The molecule has 0 saturated carbocycles. The Morgan fingerprint density at radius 1 is 0.926 bits per heavy atom. The van der Waals surface area contributed by atoms with Crippen molar-refractivity contribution in [3.05, 3.63) is 52.1 Å². The lowest BCUT2D eigenvalue weighted by Crippen LogP contribution is -2.17. The number of halogens is 6. The maximum absolute atomic E-state index is 12.9. The highest BCUT2D eigenvalue weighted by Crippen LogP contribution is 2.39. The lowest BCUT2D eigenvalue weighted by Gasteiger charge is -2.13. The molecule has 2 aromatic rings. The Kier molecular flexibility index (Phi) is 4.58. The van der Waals surface area contributed by atoms with Crippen molar-refractivity contribution in [3.8, 4) is 11.3 Å². The molecule has 1 aliphatic heterocycles. The van der Waals surface area contributed by atoms with Crippen molar-refractivity contribution < 1.29 is 40.3 Å². The van der Waals surface area contributed by atoms with Gasteiger partial charge in [-0.25, -0.2) is 0 Å². The van der Waals surface area contributed by atoms with Crippen LogP contribution in [0.3, 0.4) is 0 Å². The molecule has 2 heterocycles. The summed E-state index contributed by atoms with van der Waals surface area (Å²) >= 11 is 0.589. The first-order valence-electron chi connectivity index (χ1n) is 7.08. The Morgan fingerprint density at radius 2 is 1.52 bits per heavy atom. The maximum Gasteiger partial charge on any atom is 0.416 e. The molecule has 4 nitrogen and oxygen atoms in total. The second-order valence-corrected chi connectivity index (χ2v) is 6.36. The van der Waals surface area contributed by atoms with E-state index < -0.39 is 40.2 Å². The van der Waals surface area contributed by atoms with Crippen LogP contribution < -0.4 is 5.32 Å². The Balaban J connectivity index is 2.02. The SMILES string of the molecule is O=C1NC(=O)/C(=C/c2ccc(-c3cc(C(F)(F)F)cc(C(F)(F)F)c3)o2)S1. The van der Waals surface area contributed by atoms with Crippen LogP contribution >= 0.6 is 11.8 Å². The Bertz CT molecular complexity index is 926. The van der Waals surface area contributed by atoms with E-state index in [2.05, 4.69) is 0 Å². The van der Waals surface area contributed by atoms with E-state index in [9.17, 15) is 35.9 Å². The predicted molar refractivity (Wildman–Crippen MR) is 83.3 cm³/mol. The highest BCUT2D eigenvalue weighted by Gasteiger charge is 2.37. The number of rotatable bonds is 2. The topological polar surface area (TPSA) is 59.3 Å². The third kappa shape index (κ3) is 4.18. The number of amides is 2. The maximum atomic E-state index is 12.9. The van der Waals surface area contributed by atoms with Crippen molar-refractivity contribution in [1.29, 1.82) is 0 Å². The van der Waals surface area contributed by atoms with Crippen LogP contribution in [-0.2, 0) is 17.1 Å². The zero-order valence-electron chi connectivity index (χ0n) is 12.9. The quantitative estimate of drug-likeness (QED) is 0.542. The molecule has 3 rings (SSSR count). The van der Waals surface area contributed by atoms with Gasteiger partial charge in [0.25, 0.3) is 11.1 Å². The molecule has 0 bridgehead atoms. The Morgan fingerprint density at radius 3 is 2.00 bits per heavy atom. The predicted octanol–water partition coefficient (Wildman–Crippen LogP) is 5.31. The van der Waals surface area contributed by atoms with E-state index in [-0.39, 0.29) is 22.5 Å². The summed E-state index contributed by atoms with van der Waals surface area (Å²) in [7, 11) is 0. The van der Waals surface area contributed by atoms with E-state index in [0.717, 1.165) is 6.08 Å². The van der Waals surface area contributed by atoms with Gasteiger partial charge in [0.15, 0.2) is 0 Å². The minimum Gasteiger partial charge on any atom is -0.457 e. The number of nitrogens with one attached hydrogen (secondary N) is 1. The van der Waals surface area contributed by atoms with Crippen molar-refractivity contribution >= 4 is 29.0 Å². The summed E-state index contributed by atoms with van der Waals surface area (Å²) < 4.78 is 82.8. The number of alkyl halides is 6. The normalized spacial score (nSPS) is 16.9. The minimum absolute atomic E-state index is 0.0108. The van der Waals surface area contributed by atoms with Gasteiger partial charge in [-0.05, 0) is 42.1 Å². The molecular weight excluding hydrogens is 400 g/mol. The molecule has 11 heteroatoms. The number of carbonyl (C=O) groups is 2. The lowest BCUT2D eigenvalue weighted by molar-refractivity contribution is -0.143. The zero-order chi connectivity index (χ0) is 20.0. The van der Waals surface area contributed by atoms with Crippen LogP contribution in [0.1, 0.15) is 16.9 Å². The number of carbonyl (C=O) groups excluding carboxylic acids is 2. The second-order valence-electron chi connectivity index (χ2n) is 5.35. The molecule has 1 aliphatic rings. The molecule has 1 aromatic carbocycles. The molecule has 1 saturated heterocycles. The number of hydrogen-bond acceptors (Lipinski definition) is 4. The van der Waals surface area contributed by atoms with Crippen molar-refractivity contribution in [3.63, 3.8) is 0 Å². The average molecular weight is 407 g/mol. The van der Waals surface area contributed by atoms with Gasteiger partial charge in [0.2, 0.25) is 0 Å². The largest absolute Gasteiger partial charge is 0.457 e. The summed E-state index contributed by atoms with van der Waals surface area (Å²) in [6, 6.07) is 3.51. The number of hydrogen-bond donors (Lipinski definition) is 1. The summed E-state index contributed by atoms with van der Waals surface area (Å²) in [4.78, 5) is 22.5. The summed E-state index contributed by atoms with van der Waals surface area (Å²) in [5.41, 5.74) is -3.37. The first-order chi connectivity index (χ1) is 12.4. The molecule has 0 unspecified atom stereocenters. The fraction of sp³-hybridized carbons (Fsp3) is 0.125. The van der Waals surface area contributed by atoms with Crippen LogP contribution in [0, 0.1) is 0 Å². The molecule has 0 spiro atoms. The zero-order valence-corrected chi connectivity index (χ0v) is 13.7. The molecule has 142 valence electrons. The highest BCUT2D eigenvalue weighted by atomic mass is 32.2. The van der Waals surface area contributed by atoms with Crippen molar-refractivity contribution in [2.45, 2.75) is 12.4 Å². The van der Waals surface area contributed by atoms with Crippen LogP contribution in [0.25, 0.3) is 17.4 Å². The fourth-order valence-corrected chi connectivity index (χ4v) is 2.90. The van der Waals surface area contributed by atoms with Crippen molar-refractivity contribution in [1.82, 2.24) is 5.32 Å². The number of thioether (sulfide) groups is 1. The molecule has 27 heavy (non-hydrogen) atoms.